The fraction of sp³-hybridized carbons (Fsp3) is 0.750. The minimum Gasteiger partial charge on any atom is -0.460 e. The molecule has 17 heavy (non-hydrogen) atoms. The first-order valence-electron chi connectivity index (χ1n) is 5.59. The third kappa shape index (κ3) is 2.39. The van der Waals surface area contributed by atoms with Gasteiger partial charge in [0, 0.05) is 0 Å². The highest BCUT2D eigenvalue weighted by Crippen LogP contribution is 2.39. The molecule has 5 heteroatoms. The smallest absolute Gasteiger partial charge is 0.375 e. The van der Waals surface area contributed by atoms with E-state index in [4.69, 9.17) is 4.74 Å². The number of esters is 1. The van der Waals surface area contributed by atoms with E-state index in [2.05, 4.69) is 4.74 Å². The highest BCUT2D eigenvalue weighted by molar-refractivity contribution is 6.39. The zero-order valence-electron chi connectivity index (χ0n) is 10.8. The van der Waals surface area contributed by atoms with Gasteiger partial charge in [0.15, 0.2) is 5.78 Å². The van der Waals surface area contributed by atoms with E-state index < -0.39 is 28.9 Å². The molecule has 0 spiro atoms. The summed E-state index contributed by atoms with van der Waals surface area (Å²) in [5, 5.41) is 0. The SMILES string of the molecule is CCOC(=O)C(=O)C1C(=O)C(C)(C)OC1(C)C. The van der Waals surface area contributed by atoms with Crippen LogP contribution in [0.5, 0.6) is 0 Å². The van der Waals surface area contributed by atoms with Gasteiger partial charge in [0.25, 0.3) is 5.78 Å². The second-order valence-corrected chi connectivity index (χ2v) is 5.10. The van der Waals surface area contributed by atoms with E-state index in [9.17, 15) is 14.4 Å². The Kier molecular flexibility index (Phi) is 3.43. The fourth-order valence-corrected chi connectivity index (χ4v) is 2.19. The summed E-state index contributed by atoms with van der Waals surface area (Å²) in [4.78, 5) is 35.3. The molecule has 0 aliphatic carbocycles. The van der Waals surface area contributed by atoms with Gasteiger partial charge in [0.2, 0.25) is 0 Å². The largest absolute Gasteiger partial charge is 0.460 e. The van der Waals surface area contributed by atoms with Gasteiger partial charge in [-0.2, -0.15) is 0 Å². The highest BCUT2D eigenvalue weighted by atomic mass is 16.5. The lowest BCUT2D eigenvalue weighted by molar-refractivity contribution is -0.158. The van der Waals surface area contributed by atoms with Gasteiger partial charge in [0.1, 0.15) is 11.5 Å². The average molecular weight is 242 g/mol. The lowest BCUT2D eigenvalue weighted by atomic mass is 9.83. The van der Waals surface area contributed by atoms with Gasteiger partial charge in [0.05, 0.1) is 12.2 Å². The van der Waals surface area contributed by atoms with Crippen LogP contribution >= 0.6 is 0 Å². The topological polar surface area (TPSA) is 69.7 Å². The van der Waals surface area contributed by atoms with Crippen LogP contribution < -0.4 is 0 Å². The zero-order chi connectivity index (χ0) is 13.4. The Balaban J connectivity index is 3.01. The summed E-state index contributed by atoms with van der Waals surface area (Å²) in [6.07, 6.45) is 0. The fourth-order valence-electron chi connectivity index (χ4n) is 2.19. The second-order valence-electron chi connectivity index (χ2n) is 5.10. The molecule has 96 valence electrons. The Bertz CT molecular complexity index is 367. The molecule has 1 atom stereocenters. The van der Waals surface area contributed by atoms with Gasteiger partial charge in [-0.1, -0.05) is 0 Å². The van der Waals surface area contributed by atoms with Crippen molar-refractivity contribution >= 4 is 17.5 Å². The van der Waals surface area contributed by atoms with Crippen LogP contribution in [0.15, 0.2) is 0 Å². The van der Waals surface area contributed by atoms with Gasteiger partial charge in [-0.3, -0.25) is 9.59 Å². The van der Waals surface area contributed by atoms with E-state index in [0.29, 0.717) is 0 Å². The van der Waals surface area contributed by atoms with Crippen molar-refractivity contribution in [1.82, 2.24) is 0 Å². The molecule has 0 radical (unpaired) electrons. The van der Waals surface area contributed by atoms with Gasteiger partial charge >= 0.3 is 5.97 Å². The van der Waals surface area contributed by atoms with E-state index in [-0.39, 0.29) is 12.4 Å². The van der Waals surface area contributed by atoms with Crippen LogP contribution in [0.25, 0.3) is 0 Å². The summed E-state index contributed by atoms with van der Waals surface area (Å²) in [6.45, 7) is 8.15. The van der Waals surface area contributed by atoms with Gasteiger partial charge in [-0.05, 0) is 34.6 Å². The monoisotopic (exact) mass is 242 g/mol. The third-order valence-electron chi connectivity index (χ3n) is 2.81. The molecular weight excluding hydrogens is 224 g/mol. The number of rotatable bonds is 3. The summed E-state index contributed by atoms with van der Waals surface area (Å²) < 4.78 is 10.2. The number of ether oxygens (including phenoxy) is 2. The molecule has 0 aromatic heterocycles. The number of Topliss-reactive ketones (excluding diaryl/α,β-unsaturated/α-hetero) is 2. The van der Waals surface area contributed by atoms with Crippen LogP contribution in [0.3, 0.4) is 0 Å². The number of ketones is 2. The second kappa shape index (κ2) is 4.22. The van der Waals surface area contributed by atoms with Crippen molar-refractivity contribution in [2.24, 2.45) is 5.92 Å². The normalized spacial score (nSPS) is 25.7. The van der Waals surface area contributed by atoms with Crippen molar-refractivity contribution in [1.29, 1.82) is 0 Å². The lowest BCUT2D eigenvalue weighted by Crippen LogP contribution is -2.41. The number of hydrogen-bond donors (Lipinski definition) is 0. The van der Waals surface area contributed by atoms with Crippen LogP contribution in [0.4, 0.5) is 0 Å². The van der Waals surface area contributed by atoms with E-state index in [1.165, 1.54) is 0 Å². The van der Waals surface area contributed by atoms with Crippen LogP contribution in [0.1, 0.15) is 34.6 Å². The molecule has 1 aliphatic heterocycles. The van der Waals surface area contributed by atoms with E-state index in [1.807, 2.05) is 0 Å². The molecular formula is C12H18O5. The molecule has 1 fully saturated rings. The predicted molar refractivity (Wildman–Crippen MR) is 59.4 cm³/mol. The molecule has 5 nitrogen and oxygen atoms in total. The summed E-state index contributed by atoms with van der Waals surface area (Å²) in [5.74, 6) is -3.26. The first kappa shape index (κ1) is 13.8. The molecule has 0 bridgehead atoms. The first-order chi connectivity index (χ1) is 7.63. The van der Waals surface area contributed by atoms with Crippen LogP contribution in [0.2, 0.25) is 0 Å². The maximum atomic E-state index is 12.0. The molecule has 0 saturated carbocycles. The van der Waals surface area contributed by atoms with E-state index in [1.54, 1.807) is 34.6 Å². The number of carbonyl (C=O) groups excluding carboxylic acids is 3. The Morgan fingerprint density at radius 3 is 2.18 bits per heavy atom. The molecule has 1 saturated heterocycles. The van der Waals surface area contributed by atoms with Crippen molar-refractivity contribution in [2.75, 3.05) is 6.61 Å². The maximum absolute atomic E-state index is 12.0. The van der Waals surface area contributed by atoms with Crippen molar-refractivity contribution in [3.8, 4) is 0 Å². The molecule has 1 unspecified atom stereocenters. The highest BCUT2D eigenvalue weighted by Gasteiger charge is 2.58. The quantitative estimate of drug-likeness (QED) is 0.417. The Morgan fingerprint density at radius 2 is 1.82 bits per heavy atom. The van der Waals surface area contributed by atoms with Crippen molar-refractivity contribution < 1.29 is 23.9 Å². The minimum atomic E-state index is -1.09. The number of carbonyl (C=O) groups is 3. The standard InChI is InChI=1S/C12H18O5/c1-6-16-10(15)8(13)7-9(14)12(4,5)17-11(7,2)3/h7H,6H2,1-5H3. The molecule has 1 aliphatic rings. The van der Waals surface area contributed by atoms with Crippen LogP contribution in [-0.4, -0.2) is 35.3 Å². The molecule has 0 aromatic rings. The third-order valence-corrected chi connectivity index (χ3v) is 2.81. The van der Waals surface area contributed by atoms with Gasteiger partial charge in [-0.25, -0.2) is 4.79 Å². The zero-order valence-corrected chi connectivity index (χ0v) is 10.8. The van der Waals surface area contributed by atoms with Crippen molar-refractivity contribution in [3.05, 3.63) is 0 Å². The van der Waals surface area contributed by atoms with E-state index in [0.717, 1.165) is 0 Å². The Hall–Kier alpha value is -1.23. The predicted octanol–water partition coefficient (Wildman–Crippen LogP) is 0.891. The van der Waals surface area contributed by atoms with E-state index >= 15 is 0 Å². The average Bonchev–Trinajstić information content (AvgIpc) is 2.31. The minimum absolute atomic E-state index is 0.107. The summed E-state index contributed by atoms with van der Waals surface area (Å²) >= 11 is 0. The molecule has 1 rings (SSSR count). The van der Waals surface area contributed by atoms with Crippen molar-refractivity contribution in [3.63, 3.8) is 0 Å². The Labute approximate surface area is 100 Å². The van der Waals surface area contributed by atoms with Gasteiger partial charge < -0.3 is 9.47 Å². The van der Waals surface area contributed by atoms with Gasteiger partial charge in [-0.15, -0.1) is 0 Å². The Morgan fingerprint density at radius 1 is 1.29 bits per heavy atom. The summed E-state index contributed by atoms with van der Waals surface area (Å²) in [5.41, 5.74) is -2.03. The van der Waals surface area contributed by atoms with Crippen LogP contribution in [0, 0.1) is 5.92 Å². The summed E-state index contributed by atoms with van der Waals surface area (Å²) in [6, 6.07) is 0. The lowest BCUT2D eigenvalue weighted by Gasteiger charge is -2.24. The molecule has 1 heterocycles. The van der Waals surface area contributed by atoms with Crippen LogP contribution in [-0.2, 0) is 23.9 Å². The van der Waals surface area contributed by atoms with Crippen molar-refractivity contribution in [2.45, 2.75) is 45.8 Å². The summed E-state index contributed by atoms with van der Waals surface area (Å²) in [7, 11) is 0. The number of hydrogen-bond acceptors (Lipinski definition) is 5. The maximum Gasteiger partial charge on any atom is 0.375 e. The molecule has 0 aromatic carbocycles. The molecule has 0 amide bonds. The molecule has 0 N–H and O–H groups in total. The first-order valence-corrected chi connectivity index (χ1v) is 5.59.